The van der Waals surface area contributed by atoms with Gasteiger partial charge < -0.3 is 0 Å². The van der Waals surface area contributed by atoms with E-state index in [1.807, 2.05) is 0 Å². The molecule has 0 spiro atoms. The van der Waals surface area contributed by atoms with Crippen molar-refractivity contribution in [3.63, 3.8) is 0 Å². The van der Waals surface area contributed by atoms with Crippen LogP contribution in [0.15, 0.2) is 121 Å². The van der Waals surface area contributed by atoms with E-state index in [9.17, 15) is 0 Å². The first kappa shape index (κ1) is 21.6. The summed E-state index contributed by atoms with van der Waals surface area (Å²) in [6.07, 6.45) is 2.32. The highest BCUT2D eigenvalue weighted by Crippen LogP contribution is 2.62. The molecule has 34 heavy (non-hydrogen) atoms. The maximum atomic E-state index is 7.46. The van der Waals surface area contributed by atoms with Gasteiger partial charge in [0.1, 0.15) is 0 Å². The first-order chi connectivity index (χ1) is 16.8. The molecule has 1 aliphatic carbocycles. The molecule has 0 N–H and O–H groups in total. The maximum absolute atomic E-state index is 7.46. The van der Waals surface area contributed by atoms with E-state index in [4.69, 9.17) is 11.8 Å². The van der Waals surface area contributed by atoms with Gasteiger partial charge in [0.2, 0.25) is 0 Å². The molecule has 0 unspecified atom stereocenters. The van der Waals surface area contributed by atoms with Gasteiger partial charge in [-0.15, -0.1) is 0 Å². The standard InChI is InChI=1S/C32H30ClN/c33-34-31(25-17-9-3-10-18-25)29-22-30(32(34)26-19-11-4-12-20-26)28(24-15-7-2-8-16-24)21-27(29)23-13-5-1-6-14-23/h1-20,27-32H,21-22H2/t27-,28+,29-,30+,31-,32+. The predicted molar refractivity (Wildman–Crippen MR) is 141 cm³/mol. The molecule has 2 bridgehead atoms. The number of hydrogen-bond donors (Lipinski definition) is 0. The van der Waals surface area contributed by atoms with Crippen LogP contribution in [-0.4, -0.2) is 4.42 Å². The summed E-state index contributed by atoms with van der Waals surface area (Å²) in [5.74, 6) is 1.86. The second-order valence-electron chi connectivity index (χ2n) is 9.89. The van der Waals surface area contributed by atoms with Gasteiger partial charge in [0.15, 0.2) is 0 Å². The van der Waals surface area contributed by atoms with E-state index in [0.29, 0.717) is 23.7 Å². The highest BCUT2D eigenvalue weighted by molar-refractivity contribution is 6.14. The Morgan fingerprint density at radius 2 is 0.765 bits per heavy atom. The van der Waals surface area contributed by atoms with E-state index >= 15 is 0 Å². The zero-order valence-corrected chi connectivity index (χ0v) is 20.0. The summed E-state index contributed by atoms with van der Waals surface area (Å²) in [6, 6.07) is 44.4. The molecule has 1 heterocycles. The first-order valence-electron chi connectivity index (χ1n) is 12.4. The van der Waals surface area contributed by atoms with Crippen molar-refractivity contribution in [3.8, 4) is 0 Å². The third-order valence-electron chi connectivity index (χ3n) is 8.17. The second kappa shape index (κ2) is 9.41. The molecule has 4 aromatic carbocycles. The molecule has 6 atom stereocenters. The fourth-order valence-corrected chi connectivity index (χ4v) is 7.26. The van der Waals surface area contributed by atoms with Crippen LogP contribution in [0.1, 0.15) is 59.0 Å². The van der Waals surface area contributed by atoms with Gasteiger partial charge in [-0.1, -0.05) is 121 Å². The molecule has 4 aromatic rings. The zero-order valence-electron chi connectivity index (χ0n) is 19.3. The van der Waals surface area contributed by atoms with Crippen molar-refractivity contribution < 1.29 is 0 Å². The van der Waals surface area contributed by atoms with Crippen molar-refractivity contribution in [2.75, 3.05) is 0 Å². The van der Waals surface area contributed by atoms with E-state index in [1.54, 1.807) is 0 Å². The van der Waals surface area contributed by atoms with Crippen LogP contribution in [0.3, 0.4) is 0 Å². The van der Waals surface area contributed by atoms with Crippen LogP contribution in [0.5, 0.6) is 0 Å². The lowest BCUT2D eigenvalue weighted by atomic mass is 9.57. The normalized spacial score (nSPS) is 29.0. The summed E-state index contributed by atoms with van der Waals surface area (Å²) in [6.45, 7) is 0. The van der Waals surface area contributed by atoms with Crippen molar-refractivity contribution >= 4 is 11.8 Å². The number of benzene rings is 4. The number of halogens is 1. The third kappa shape index (κ3) is 3.87. The van der Waals surface area contributed by atoms with E-state index in [2.05, 4.69) is 126 Å². The molecule has 170 valence electrons. The van der Waals surface area contributed by atoms with Gasteiger partial charge in [-0.3, -0.25) is 0 Å². The highest BCUT2D eigenvalue weighted by Gasteiger charge is 2.53. The third-order valence-corrected chi connectivity index (χ3v) is 8.59. The Hall–Kier alpha value is -2.87. The lowest BCUT2D eigenvalue weighted by Gasteiger charge is -2.56. The molecule has 0 radical (unpaired) electrons. The van der Waals surface area contributed by atoms with Gasteiger partial charge in [0.05, 0.1) is 12.1 Å². The SMILES string of the molecule is ClN1[C@H](c2ccccc2)[C@@H]2C[C@@H]([C@H](c3ccccc3)C[C@@H]2c2ccccc2)[C@@H]1c1ccccc1. The number of piperidine rings is 1. The molecule has 1 saturated carbocycles. The van der Waals surface area contributed by atoms with Crippen molar-refractivity contribution in [2.45, 2.75) is 36.8 Å². The van der Waals surface area contributed by atoms with Crippen molar-refractivity contribution in [1.29, 1.82) is 0 Å². The van der Waals surface area contributed by atoms with Gasteiger partial charge in [-0.05, 0) is 70.5 Å². The zero-order chi connectivity index (χ0) is 22.9. The Bertz CT molecular complexity index is 1100. The van der Waals surface area contributed by atoms with Crippen LogP contribution in [0.4, 0.5) is 0 Å². The molecule has 6 rings (SSSR count). The van der Waals surface area contributed by atoms with Crippen LogP contribution in [-0.2, 0) is 0 Å². The van der Waals surface area contributed by atoms with E-state index in [-0.39, 0.29) is 12.1 Å². The second-order valence-corrected chi connectivity index (χ2v) is 10.3. The quantitative estimate of drug-likeness (QED) is 0.274. The summed E-state index contributed by atoms with van der Waals surface area (Å²) < 4.78 is 2.19. The predicted octanol–water partition coefficient (Wildman–Crippen LogP) is 8.53. The van der Waals surface area contributed by atoms with Crippen LogP contribution < -0.4 is 0 Å². The molecule has 2 aliphatic rings. The summed E-state index contributed by atoms with van der Waals surface area (Å²) in [5, 5.41) is 0. The lowest BCUT2D eigenvalue weighted by Crippen LogP contribution is -2.48. The monoisotopic (exact) mass is 463 g/mol. The van der Waals surface area contributed by atoms with Gasteiger partial charge in [0.25, 0.3) is 0 Å². The highest BCUT2D eigenvalue weighted by atomic mass is 35.5. The topological polar surface area (TPSA) is 3.24 Å². The van der Waals surface area contributed by atoms with Gasteiger partial charge in [-0.25, -0.2) is 4.42 Å². The van der Waals surface area contributed by atoms with E-state index in [0.717, 1.165) is 6.42 Å². The van der Waals surface area contributed by atoms with E-state index in [1.165, 1.54) is 28.7 Å². The van der Waals surface area contributed by atoms with Crippen molar-refractivity contribution in [2.24, 2.45) is 11.8 Å². The molecule has 0 aromatic heterocycles. The molecule has 0 amide bonds. The average Bonchev–Trinajstić information content (AvgIpc) is 2.91. The maximum Gasteiger partial charge on any atom is 0.0542 e. The minimum absolute atomic E-state index is 0.172. The molecular formula is C32H30ClN. The van der Waals surface area contributed by atoms with Crippen molar-refractivity contribution in [1.82, 2.24) is 4.42 Å². The summed E-state index contributed by atoms with van der Waals surface area (Å²) in [4.78, 5) is 0. The minimum atomic E-state index is 0.172. The molecule has 1 nitrogen and oxygen atoms in total. The summed E-state index contributed by atoms with van der Waals surface area (Å²) in [7, 11) is 0. The minimum Gasteiger partial charge on any atom is -0.205 e. The Kier molecular flexibility index (Phi) is 5.99. The Morgan fingerprint density at radius 3 is 1.12 bits per heavy atom. The smallest absolute Gasteiger partial charge is 0.0542 e. The fraction of sp³-hybridized carbons (Fsp3) is 0.250. The van der Waals surface area contributed by atoms with Crippen LogP contribution >= 0.6 is 11.8 Å². The largest absolute Gasteiger partial charge is 0.205 e. The summed E-state index contributed by atoms with van der Waals surface area (Å²) in [5.41, 5.74) is 5.52. The molecule has 1 aliphatic heterocycles. The molecule has 2 fully saturated rings. The summed E-state index contributed by atoms with van der Waals surface area (Å²) >= 11 is 7.46. The number of rotatable bonds is 4. The number of nitrogens with zero attached hydrogens (tertiary/aromatic N) is 1. The Labute approximate surface area is 208 Å². The van der Waals surface area contributed by atoms with Crippen molar-refractivity contribution in [3.05, 3.63) is 144 Å². The average molecular weight is 464 g/mol. The Morgan fingerprint density at radius 1 is 0.441 bits per heavy atom. The lowest BCUT2D eigenvalue weighted by molar-refractivity contribution is 0.00248. The van der Waals surface area contributed by atoms with Crippen LogP contribution in [0.25, 0.3) is 0 Å². The van der Waals surface area contributed by atoms with Gasteiger partial charge in [0, 0.05) is 0 Å². The Balaban J connectivity index is 1.51. The number of fused-ring (bicyclic) bond motifs is 2. The van der Waals surface area contributed by atoms with Gasteiger partial charge in [-0.2, -0.15) is 0 Å². The number of hydrogen-bond acceptors (Lipinski definition) is 1. The van der Waals surface area contributed by atoms with Gasteiger partial charge >= 0.3 is 0 Å². The molecule has 1 saturated heterocycles. The first-order valence-corrected chi connectivity index (χ1v) is 12.8. The van der Waals surface area contributed by atoms with E-state index < -0.39 is 0 Å². The van der Waals surface area contributed by atoms with Crippen LogP contribution in [0.2, 0.25) is 0 Å². The van der Waals surface area contributed by atoms with Crippen LogP contribution in [0, 0.1) is 11.8 Å². The fourth-order valence-electron chi connectivity index (χ4n) is 6.75. The molecule has 2 heteroatoms. The molecular weight excluding hydrogens is 434 g/mol.